The van der Waals surface area contributed by atoms with Crippen LogP contribution >= 0.6 is 11.6 Å². The van der Waals surface area contributed by atoms with E-state index >= 15 is 0 Å². The number of rotatable bonds is 4. The van der Waals surface area contributed by atoms with Crippen LogP contribution in [-0.2, 0) is 4.79 Å². The molecule has 0 radical (unpaired) electrons. The zero-order valence-electron chi connectivity index (χ0n) is 16.0. The number of anilines is 2. The zero-order chi connectivity index (χ0) is 19.8. The summed E-state index contributed by atoms with van der Waals surface area (Å²) in [7, 11) is 3.96. The van der Waals surface area contributed by atoms with Crippen molar-refractivity contribution in [2.45, 2.75) is 19.3 Å². The molecule has 1 aliphatic rings. The first-order chi connectivity index (χ1) is 13.4. The Kier molecular flexibility index (Phi) is 4.81. The van der Waals surface area contributed by atoms with E-state index in [2.05, 4.69) is 10.1 Å². The average Bonchev–Trinajstić information content (AvgIpc) is 3.31. The predicted octanol–water partition coefficient (Wildman–Crippen LogP) is 4.28. The fourth-order valence-corrected chi connectivity index (χ4v) is 3.48. The minimum Gasteiger partial charge on any atom is -0.378 e. The number of carbonyl (C=O) groups is 1. The van der Waals surface area contributed by atoms with E-state index in [1.807, 2.05) is 68.4 Å². The maximum Gasteiger partial charge on any atom is 0.258 e. The van der Waals surface area contributed by atoms with Crippen LogP contribution in [0.2, 0.25) is 5.02 Å². The third-order valence-corrected chi connectivity index (χ3v) is 5.42. The van der Waals surface area contributed by atoms with Crippen LogP contribution in [0, 0.1) is 6.92 Å². The molecule has 1 atom stereocenters. The summed E-state index contributed by atoms with van der Waals surface area (Å²) in [6.45, 7) is 2.45. The van der Waals surface area contributed by atoms with Gasteiger partial charge in [0.25, 0.3) is 5.89 Å². The summed E-state index contributed by atoms with van der Waals surface area (Å²) in [6.07, 6.45) is 0.360. The lowest BCUT2D eigenvalue weighted by molar-refractivity contribution is -0.117. The Morgan fingerprint density at radius 1 is 1.21 bits per heavy atom. The van der Waals surface area contributed by atoms with E-state index < -0.39 is 0 Å². The summed E-state index contributed by atoms with van der Waals surface area (Å²) >= 11 is 6.10. The highest BCUT2D eigenvalue weighted by molar-refractivity contribution is 6.31. The molecule has 2 aromatic carbocycles. The summed E-state index contributed by atoms with van der Waals surface area (Å²) < 4.78 is 5.48. The first-order valence-electron chi connectivity index (χ1n) is 9.10. The second-order valence-corrected chi connectivity index (χ2v) is 7.65. The lowest BCUT2D eigenvalue weighted by atomic mass is 10.1. The third kappa shape index (κ3) is 3.47. The summed E-state index contributed by atoms with van der Waals surface area (Å²) in [5, 5.41) is 4.83. The van der Waals surface area contributed by atoms with E-state index in [1.54, 1.807) is 4.90 Å². The molecule has 144 valence electrons. The van der Waals surface area contributed by atoms with Crippen LogP contribution in [0.3, 0.4) is 0 Å². The standard InChI is InChI=1S/C21H21ClN4O2/c1-13-9-17(7-8-18(13)22)26-12-15(11-19(26)27)20-23-21(28-24-20)14-5-4-6-16(10-14)25(2)3/h4-10,15H,11-12H2,1-3H3. The Bertz CT molecular complexity index is 1030. The Morgan fingerprint density at radius 3 is 2.79 bits per heavy atom. The Labute approximate surface area is 168 Å². The highest BCUT2D eigenvalue weighted by atomic mass is 35.5. The molecule has 0 saturated carbocycles. The SMILES string of the molecule is Cc1cc(N2CC(c3noc(-c4cccc(N(C)C)c4)n3)CC2=O)ccc1Cl. The van der Waals surface area contributed by atoms with Gasteiger partial charge in [-0.3, -0.25) is 4.79 Å². The third-order valence-electron chi connectivity index (χ3n) is 4.99. The van der Waals surface area contributed by atoms with Crippen LogP contribution in [0.25, 0.3) is 11.5 Å². The van der Waals surface area contributed by atoms with Gasteiger partial charge in [-0.1, -0.05) is 22.8 Å². The van der Waals surface area contributed by atoms with Gasteiger partial charge in [0, 0.05) is 54.9 Å². The van der Waals surface area contributed by atoms with Crippen molar-refractivity contribution in [2.24, 2.45) is 0 Å². The summed E-state index contributed by atoms with van der Waals surface area (Å²) in [5.41, 5.74) is 3.70. The number of nitrogens with zero attached hydrogens (tertiary/aromatic N) is 4. The molecule has 6 nitrogen and oxygen atoms in total. The number of aromatic nitrogens is 2. The number of halogens is 1. The molecular formula is C21H21ClN4O2. The first-order valence-corrected chi connectivity index (χ1v) is 9.48. The molecule has 0 spiro atoms. The van der Waals surface area contributed by atoms with Crippen molar-refractivity contribution >= 4 is 28.9 Å². The molecule has 28 heavy (non-hydrogen) atoms. The smallest absolute Gasteiger partial charge is 0.258 e. The molecule has 1 saturated heterocycles. The number of hydrogen-bond acceptors (Lipinski definition) is 5. The topological polar surface area (TPSA) is 62.5 Å². The van der Waals surface area contributed by atoms with Gasteiger partial charge in [-0.25, -0.2) is 0 Å². The maximum atomic E-state index is 12.6. The molecule has 3 aromatic rings. The Morgan fingerprint density at radius 2 is 2.04 bits per heavy atom. The molecule has 7 heteroatoms. The van der Waals surface area contributed by atoms with Crippen LogP contribution < -0.4 is 9.80 Å². The quantitative estimate of drug-likeness (QED) is 0.658. The molecule has 0 aliphatic carbocycles. The molecule has 1 aliphatic heterocycles. The van der Waals surface area contributed by atoms with Crippen molar-refractivity contribution in [3.05, 3.63) is 58.9 Å². The molecule has 4 rings (SSSR count). The summed E-state index contributed by atoms with van der Waals surface area (Å²) in [4.78, 5) is 20.9. The monoisotopic (exact) mass is 396 g/mol. The fraction of sp³-hybridized carbons (Fsp3) is 0.286. The number of aryl methyl sites for hydroxylation is 1. The molecular weight excluding hydrogens is 376 g/mol. The van der Waals surface area contributed by atoms with Crippen molar-refractivity contribution in [2.75, 3.05) is 30.4 Å². The Balaban J connectivity index is 1.55. The number of hydrogen-bond donors (Lipinski definition) is 0. The molecule has 1 amide bonds. The van der Waals surface area contributed by atoms with Gasteiger partial charge in [0.1, 0.15) is 0 Å². The lowest BCUT2D eigenvalue weighted by Crippen LogP contribution is -2.24. The van der Waals surface area contributed by atoms with Crippen molar-refractivity contribution in [1.29, 1.82) is 0 Å². The maximum absolute atomic E-state index is 12.6. The number of amides is 1. The Hall–Kier alpha value is -2.86. The second-order valence-electron chi connectivity index (χ2n) is 7.24. The summed E-state index contributed by atoms with van der Waals surface area (Å²) in [6, 6.07) is 13.5. The molecule has 0 N–H and O–H groups in total. The van der Waals surface area contributed by atoms with Gasteiger partial charge in [0.15, 0.2) is 5.82 Å². The minimum absolute atomic E-state index is 0.0488. The first kappa shape index (κ1) is 18.5. The van der Waals surface area contributed by atoms with E-state index in [1.165, 1.54) is 0 Å². The van der Waals surface area contributed by atoms with Gasteiger partial charge in [0.2, 0.25) is 5.91 Å². The lowest BCUT2D eigenvalue weighted by Gasteiger charge is -2.17. The molecule has 2 heterocycles. The predicted molar refractivity (Wildman–Crippen MR) is 110 cm³/mol. The van der Waals surface area contributed by atoms with Crippen molar-refractivity contribution in [3.8, 4) is 11.5 Å². The number of benzene rings is 2. The van der Waals surface area contributed by atoms with Crippen LogP contribution in [-0.4, -0.2) is 36.7 Å². The van der Waals surface area contributed by atoms with E-state index in [-0.39, 0.29) is 11.8 Å². The van der Waals surface area contributed by atoms with E-state index in [0.717, 1.165) is 22.5 Å². The van der Waals surface area contributed by atoms with Crippen molar-refractivity contribution in [1.82, 2.24) is 10.1 Å². The molecule has 0 bridgehead atoms. The fourth-order valence-electron chi connectivity index (χ4n) is 3.36. The van der Waals surface area contributed by atoms with Crippen LogP contribution in [0.5, 0.6) is 0 Å². The van der Waals surface area contributed by atoms with Crippen LogP contribution in [0.1, 0.15) is 23.7 Å². The van der Waals surface area contributed by atoms with Gasteiger partial charge >= 0.3 is 0 Å². The van der Waals surface area contributed by atoms with Gasteiger partial charge in [0.05, 0.1) is 0 Å². The van der Waals surface area contributed by atoms with Crippen LogP contribution in [0.15, 0.2) is 47.0 Å². The summed E-state index contributed by atoms with van der Waals surface area (Å²) in [5.74, 6) is 0.976. The molecule has 1 unspecified atom stereocenters. The van der Waals surface area contributed by atoms with Crippen molar-refractivity contribution in [3.63, 3.8) is 0 Å². The average molecular weight is 397 g/mol. The van der Waals surface area contributed by atoms with Crippen molar-refractivity contribution < 1.29 is 9.32 Å². The van der Waals surface area contributed by atoms with E-state index in [9.17, 15) is 4.79 Å². The van der Waals surface area contributed by atoms with Gasteiger partial charge in [-0.15, -0.1) is 0 Å². The van der Waals surface area contributed by atoms with Gasteiger partial charge in [-0.2, -0.15) is 4.98 Å². The normalized spacial score (nSPS) is 16.6. The minimum atomic E-state index is -0.0991. The van der Waals surface area contributed by atoms with E-state index in [4.69, 9.17) is 16.1 Å². The van der Waals surface area contributed by atoms with Gasteiger partial charge < -0.3 is 14.3 Å². The highest BCUT2D eigenvalue weighted by Crippen LogP contribution is 2.33. The number of carbonyl (C=O) groups excluding carboxylic acids is 1. The van der Waals surface area contributed by atoms with Crippen LogP contribution in [0.4, 0.5) is 11.4 Å². The van der Waals surface area contributed by atoms with Gasteiger partial charge in [-0.05, 0) is 48.9 Å². The largest absolute Gasteiger partial charge is 0.378 e. The second kappa shape index (κ2) is 7.28. The molecule has 1 fully saturated rings. The molecule has 1 aromatic heterocycles. The van der Waals surface area contributed by atoms with E-state index in [0.29, 0.717) is 29.7 Å². The zero-order valence-corrected chi connectivity index (χ0v) is 16.8. The highest BCUT2D eigenvalue weighted by Gasteiger charge is 2.34.